The highest BCUT2D eigenvalue weighted by Gasteiger charge is 2.42. The number of anilines is 2. The maximum absolute atomic E-state index is 12.6. The van der Waals surface area contributed by atoms with E-state index in [9.17, 15) is 22.8 Å². The molecule has 10 heteroatoms. The van der Waals surface area contributed by atoms with Crippen molar-refractivity contribution in [3.63, 3.8) is 0 Å². The zero-order chi connectivity index (χ0) is 21.3. The molecule has 152 valence electrons. The number of esters is 1. The summed E-state index contributed by atoms with van der Waals surface area (Å²) in [5.41, 5.74) is 0.512. The molecule has 0 aromatic heterocycles. The number of nitrogens with zero attached hydrogens (tertiary/aromatic N) is 1. The minimum atomic E-state index is -3.78. The Morgan fingerprint density at radius 1 is 1.17 bits per heavy atom. The number of amides is 2. The number of carbonyl (C=O) groups excluding carboxylic acids is 3. The molecule has 1 atom stereocenters. The van der Waals surface area contributed by atoms with Crippen molar-refractivity contribution in [2.24, 2.45) is 5.92 Å². The van der Waals surface area contributed by atoms with Crippen LogP contribution in [0.25, 0.3) is 0 Å². The lowest BCUT2D eigenvalue weighted by Gasteiger charge is -2.16. The largest absolute Gasteiger partial charge is 0.465 e. The zero-order valence-corrected chi connectivity index (χ0v) is 17.1. The quantitative estimate of drug-likeness (QED) is 0.738. The summed E-state index contributed by atoms with van der Waals surface area (Å²) in [5.74, 6) is -2.71. The maximum atomic E-state index is 12.6. The fourth-order valence-corrected chi connectivity index (χ4v) is 5.04. The summed E-state index contributed by atoms with van der Waals surface area (Å²) in [6.45, 7) is 1.53. The van der Waals surface area contributed by atoms with Crippen LogP contribution in [-0.2, 0) is 19.6 Å². The molecule has 0 spiro atoms. The molecule has 2 amide bonds. The Labute approximate surface area is 172 Å². The van der Waals surface area contributed by atoms with Gasteiger partial charge in [0.15, 0.2) is 0 Å². The van der Waals surface area contributed by atoms with E-state index in [0.29, 0.717) is 4.31 Å². The van der Waals surface area contributed by atoms with Gasteiger partial charge in [-0.25, -0.2) is 17.5 Å². The molecule has 0 saturated carbocycles. The van der Waals surface area contributed by atoms with Crippen LogP contribution in [-0.4, -0.2) is 39.1 Å². The van der Waals surface area contributed by atoms with E-state index in [1.807, 2.05) is 0 Å². The first kappa shape index (κ1) is 20.8. The van der Waals surface area contributed by atoms with Crippen LogP contribution in [0.3, 0.4) is 0 Å². The number of para-hydroxylation sites is 1. The minimum absolute atomic E-state index is 0.0434. The molecule has 0 bridgehead atoms. The second-order valence-electron chi connectivity index (χ2n) is 6.44. The molecule has 1 aliphatic heterocycles. The van der Waals surface area contributed by atoms with E-state index in [4.69, 9.17) is 11.6 Å². The third-order valence-electron chi connectivity index (χ3n) is 4.37. The van der Waals surface area contributed by atoms with Gasteiger partial charge in [0.1, 0.15) is 0 Å². The predicted molar refractivity (Wildman–Crippen MR) is 108 cm³/mol. The van der Waals surface area contributed by atoms with Gasteiger partial charge >= 0.3 is 5.97 Å². The number of ether oxygens (including phenoxy) is 1. The van der Waals surface area contributed by atoms with Gasteiger partial charge in [0, 0.05) is 0 Å². The summed E-state index contributed by atoms with van der Waals surface area (Å²) < 4.78 is 29.8. The minimum Gasteiger partial charge on any atom is -0.465 e. The molecule has 29 heavy (non-hydrogen) atoms. The summed E-state index contributed by atoms with van der Waals surface area (Å²) in [7, 11) is -2.55. The summed E-state index contributed by atoms with van der Waals surface area (Å²) in [4.78, 5) is 36.7. The molecule has 0 aliphatic carbocycles. The number of halogens is 1. The Balaban J connectivity index is 1.89. The molecule has 2 aromatic rings. The highest BCUT2D eigenvalue weighted by atomic mass is 35.5. The predicted octanol–water partition coefficient (Wildman–Crippen LogP) is 2.69. The lowest BCUT2D eigenvalue weighted by Crippen LogP contribution is -2.30. The van der Waals surface area contributed by atoms with E-state index < -0.39 is 33.7 Å². The molecule has 8 nitrogen and oxygen atoms in total. The molecule has 1 heterocycles. The molecule has 1 fully saturated rings. The van der Waals surface area contributed by atoms with Crippen molar-refractivity contribution in [2.45, 2.75) is 6.92 Å². The fourth-order valence-electron chi connectivity index (χ4n) is 2.97. The number of nitrogens with one attached hydrogen (secondary N) is 1. The van der Waals surface area contributed by atoms with Gasteiger partial charge in [-0.15, -0.1) is 0 Å². The topological polar surface area (TPSA) is 110 Å². The molecule has 0 radical (unpaired) electrons. The van der Waals surface area contributed by atoms with Crippen LogP contribution in [0.2, 0.25) is 5.02 Å². The van der Waals surface area contributed by atoms with Gasteiger partial charge in [0.25, 0.3) is 5.91 Å². The lowest BCUT2D eigenvalue weighted by molar-refractivity contribution is -0.119. The SMILES string of the molecule is COC(=O)c1ccccc1NC(=O)c1ccc(N2C(=O)[C@H](C)CS2(=O)=O)cc1Cl. The molecule has 0 unspecified atom stereocenters. The van der Waals surface area contributed by atoms with Crippen molar-refractivity contribution in [1.82, 2.24) is 0 Å². The van der Waals surface area contributed by atoms with E-state index in [2.05, 4.69) is 10.1 Å². The Morgan fingerprint density at radius 2 is 1.86 bits per heavy atom. The fraction of sp³-hybridized carbons (Fsp3) is 0.211. The van der Waals surface area contributed by atoms with Crippen molar-refractivity contribution in [1.29, 1.82) is 0 Å². The third kappa shape index (κ3) is 3.96. The Bertz CT molecular complexity index is 1120. The van der Waals surface area contributed by atoms with Crippen LogP contribution in [0.4, 0.5) is 11.4 Å². The average molecular weight is 437 g/mol. The van der Waals surface area contributed by atoms with E-state index >= 15 is 0 Å². The molecular formula is C19H17ClN2O6S. The number of carbonyl (C=O) groups is 3. The van der Waals surface area contributed by atoms with Gasteiger partial charge in [-0.3, -0.25) is 9.59 Å². The van der Waals surface area contributed by atoms with Gasteiger partial charge in [-0.2, -0.15) is 0 Å². The Hall–Kier alpha value is -2.91. The number of hydrogen-bond donors (Lipinski definition) is 1. The van der Waals surface area contributed by atoms with Crippen LogP contribution in [0.1, 0.15) is 27.6 Å². The maximum Gasteiger partial charge on any atom is 0.339 e. The monoisotopic (exact) mass is 436 g/mol. The second-order valence-corrected chi connectivity index (χ2v) is 8.71. The third-order valence-corrected chi connectivity index (χ3v) is 6.55. The number of benzene rings is 2. The van der Waals surface area contributed by atoms with E-state index in [1.54, 1.807) is 12.1 Å². The van der Waals surface area contributed by atoms with Crippen molar-refractivity contribution in [3.05, 3.63) is 58.6 Å². The average Bonchev–Trinajstić information content (AvgIpc) is 2.88. The molecule has 3 rings (SSSR count). The Morgan fingerprint density at radius 3 is 2.45 bits per heavy atom. The highest BCUT2D eigenvalue weighted by molar-refractivity contribution is 7.94. The summed E-state index contributed by atoms with van der Waals surface area (Å²) in [5, 5.41) is 2.54. The number of hydrogen-bond acceptors (Lipinski definition) is 6. The summed E-state index contributed by atoms with van der Waals surface area (Å²) in [6.07, 6.45) is 0. The Kier molecular flexibility index (Phi) is 5.63. The first-order chi connectivity index (χ1) is 13.7. The van der Waals surface area contributed by atoms with Crippen molar-refractivity contribution < 1.29 is 27.5 Å². The standard InChI is InChI=1S/C19H17ClN2O6S/c1-11-10-29(26,27)22(18(11)24)12-7-8-13(15(20)9-12)17(23)21-16-6-4-3-5-14(16)19(25)28-2/h3-9,11H,10H2,1-2H3,(H,21,23)/t11-/m1/s1. The van der Waals surface area contributed by atoms with Crippen LogP contribution >= 0.6 is 11.6 Å². The van der Waals surface area contributed by atoms with Gasteiger partial charge in [-0.1, -0.05) is 30.7 Å². The van der Waals surface area contributed by atoms with Gasteiger partial charge in [-0.05, 0) is 30.3 Å². The van der Waals surface area contributed by atoms with Crippen molar-refractivity contribution >= 4 is 50.8 Å². The van der Waals surface area contributed by atoms with Crippen molar-refractivity contribution in [2.75, 3.05) is 22.5 Å². The van der Waals surface area contributed by atoms with Crippen molar-refractivity contribution in [3.8, 4) is 0 Å². The molecular weight excluding hydrogens is 420 g/mol. The lowest BCUT2D eigenvalue weighted by atomic mass is 10.1. The summed E-state index contributed by atoms with van der Waals surface area (Å²) >= 11 is 6.19. The van der Waals surface area contributed by atoms with Gasteiger partial charge in [0.2, 0.25) is 15.9 Å². The van der Waals surface area contributed by atoms with Crippen LogP contribution in [0.15, 0.2) is 42.5 Å². The second kappa shape index (κ2) is 7.84. The van der Waals surface area contributed by atoms with Crippen LogP contribution < -0.4 is 9.62 Å². The first-order valence-corrected chi connectivity index (χ1v) is 10.5. The van der Waals surface area contributed by atoms with Gasteiger partial charge in [0.05, 0.1) is 46.3 Å². The zero-order valence-electron chi connectivity index (χ0n) is 15.5. The first-order valence-electron chi connectivity index (χ1n) is 8.51. The number of sulfonamides is 1. The molecule has 1 saturated heterocycles. The molecule has 1 N–H and O–H groups in total. The number of methoxy groups -OCH3 is 1. The molecule has 1 aliphatic rings. The summed E-state index contributed by atoms with van der Waals surface area (Å²) in [6, 6.07) is 10.2. The van der Waals surface area contributed by atoms with Gasteiger partial charge < -0.3 is 10.1 Å². The molecule has 2 aromatic carbocycles. The van der Waals surface area contributed by atoms with Crippen LogP contribution in [0, 0.1) is 5.92 Å². The highest BCUT2D eigenvalue weighted by Crippen LogP contribution is 2.31. The smallest absolute Gasteiger partial charge is 0.339 e. The van der Waals surface area contributed by atoms with E-state index in [-0.39, 0.29) is 33.3 Å². The van der Waals surface area contributed by atoms with Crippen LogP contribution in [0.5, 0.6) is 0 Å². The van der Waals surface area contributed by atoms with E-state index in [0.717, 1.165) is 0 Å². The normalized spacial score (nSPS) is 17.8. The number of rotatable bonds is 4. The van der Waals surface area contributed by atoms with E-state index in [1.165, 1.54) is 44.4 Å².